The molecule has 1 N–H and O–H groups in total. The molecule has 2 aromatic carbocycles. The van der Waals surface area contributed by atoms with Gasteiger partial charge in [-0.1, -0.05) is 55.5 Å². The Bertz CT molecular complexity index is 974. The number of pyridine rings is 1. The Balaban J connectivity index is 2.07. The third-order valence-corrected chi connectivity index (χ3v) is 4.74. The van der Waals surface area contributed by atoms with E-state index in [-0.39, 0.29) is 17.5 Å². The van der Waals surface area contributed by atoms with Gasteiger partial charge in [-0.25, -0.2) is 0 Å². The van der Waals surface area contributed by atoms with Crippen LogP contribution in [0.4, 0.5) is 0 Å². The third-order valence-electron chi connectivity index (χ3n) is 4.74. The van der Waals surface area contributed by atoms with Gasteiger partial charge in [-0.05, 0) is 25.0 Å². The van der Waals surface area contributed by atoms with Gasteiger partial charge in [-0.2, -0.15) is 0 Å². The molecule has 1 unspecified atom stereocenters. The number of fused-ring (bicyclic) bond motifs is 1. The molecule has 4 nitrogen and oxygen atoms in total. The van der Waals surface area contributed by atoms with Crippen molar-refractivity contribution in [1.82, 2.24) is 9.88 Å². The molecule has 1 aromatic heterocycles. The zero-order valence-electron chi connectivity index (χ0n) is 14.7. The molecule has 0 bridgehead atoms. The van der Waals surface area contributed by atoms with Crippen LogP contribution in [0.2, 0.25) is 0 Å². The standard InChI is InChI=1S/C21H22N2O2/c1-4-18(15-10-6-5-7-11-15)22-20(24)19-14(2)23(3)21(25)17-13-9-8-12-16(17)19/h5-13,18H,4H2,1-3H3,(H,22,24). The van der Waals surface area contributed by atoms with Crippen molar-refractivity contribution in [3.8, 4) is 0 Å². The lowest BCUT2D eigenvalue weighted by Crippen LogP contribution is -2.31. The molecule has 1 heterocycles. The van der Waals surface area contributed by atoms with Gasteiger partial charge < -0.3 is 9.88 Å². The van der Waals surface area contributed by atoms with Crippen LogP contribution < -0.4 is 10.9 Å². The average molecular weight is 334 g/mol. The van der Waals surface area contributed by atoms with Gasteiger partial charge in [0.25, 0.3) is 11.5 Å². The number of carbonyl (C=O) groups is 1. The van der Waals surface area contributed by atoms with Crippen LogP contribution in [0.1, 0.15) is 41.0 Å². The first-order chi connectivity index (χ1) is 12.0. The molecule has 0 aliphatic rings. The normalized spacial score (nSPS) is 12.1. The lowest BCUT2D eigenvalue weighted by atomic mass is 10.0. The molecule has 0 saturated heterocycles. The second kappa shape index (κ2) is 6.93. The highest BCUT2D eigenvalue weighted by Gasteiger charge is 2.20. The summed E-state index contributed by atoms with van der Waals surface area (Å²) in [4.78, 5) is 25.5. The van der Waals surface area contributed by atoms with Crippen LogP contribution in [0.25, 0.3) is 10.8 Å². The van der Waals surface area contributed by atoms with Crippen LogP contribution >= 0.6 is 0 Å². The fourth-order valence-electron chi connectivity index (χ4n) is 3.21. The first kappa shape index (κ1) is 17.0. The van der Waals surface area contributed by atoms with E-state index >= 15 is 0 Å². The zero-order valence-corrected chi connectivity index (χ0v) is 14.7. The van der Waals surface area contributed by atoms with Crippen LogP contribution in [0, 0.1) is 6.92 Å². The van der Waals surface area contributed by atoms with E-state index in [1.165, 1.54) is 0 Å². The molecule has 1 atom stereocenters. The van der Waals surface area contributed by atoms with Crippen molar-refractivity contribution in [2.24, 2.45) is 7.05 Å². The molecule has 0 saturated carbocycles. The van der Waals surface area contributed by atoms with Crippen LogP contribution in [0.3, 0.4) is 0 Å². The molecule has 3 aromatic rings. The predicted molar refractivity (Wildman–Crippen MR) is 101 cm³/mol. The van der Waals surface area contributed by atoms with Gasteiger partial charge in [0.05, 0.1) is 11.6 Å². The molecule has 0 aliphatic carbocycles. The Morgan fingerprint density at radius 1 is 1.04 bits per heavy atom. The highest BCUT2D eigenvalue weighted by atomic mass is 16.2. The summed E-state index contributed by atoms with van der Waals surface area (Å²) in [5, 5.41) is 4.39. The lowest BCUT2D eigenvalue weighted by molar-refractivity contribution is 0.0936. The topological polar surface area (TPSA) is 51.1 Å². The van der Waals surface area contributed by atoms with E-state index in [1.54, 1.807) is 17.7 Å². The Labute approximate surface area is 147 Å². The van der Waals surface area contributed by atoms with Gasteiger partial charge in [0, 0.05) is 23.5 Å². The molecule has 3 rings (SSSR count). The van der Waals surface area contributed by atoms with Gasteiger partial charge in [0.15, 0.2) is 0 Å². The SMILES string of the molecule is CCC(NC(=O)c1c(C)n(C)c(=O)c2ccccc12)c1ccccc1. The maximum absolute atomic E-state index is 13.1. The largest absolute Gasteiger partial charge is 0.345 e. The maximum Gasteiger partial charge on any atom is 0.258 e. The van der Waals surface area contributed by atoms with Crippen molar-refractivity contribution in [2.75, 3.05) is 0 Å². The Morgan fingerprint density at radius 3 is 2.28 bits per heavy atom. The summed E-state index contributed by atoms with van der Waals surface area (Å²) in [5.74, 6) is -0.153. The first-order valence-corrected chi connectivity index (χ1v) is 8.48. The molecule has 0 radical (unpaired) electrons. The highest BCUT2D eigenvalue weighted by Crippen LogP contribution is 2.22. The molecular weight excluding hydrogens is 312 g/mol. The minimum Gasteiger partial charge on any atom is -0.345 e. The fourth-order valence-corrected chi connectivity index (χ4v) is 3.21. The maximum atomic E-state index is 13.1. The molecular formula is C21H22N2O2. The molecule has 0 spiro atoms. The zero-order chi connectivity index (χ0) is 18.0. The second-order valence-corrected chi connectivity index (χ2v) is 6.22. The van der Waals surface area contributed by atoms with Crippen LogP contribution in [0.15, 0.2) is 59.4 Å². The lowest BCUT2D eigenvalue weighted by Gasteiger charge is -2.20. The van der Waals surface area contributed by atoms with E-state index in [0.29, 0.717) is 22.0 Å². The van der Waals surface area contributed by atoms with E-state index in [1.807, 2.05) is 62.4 Å². The number of rotatable bonds is 4. The van der Waals surface area contributed by atoms with E-state index < -0.39 is 0 Å². The van der Waals surface area contributed by atoms with E-state index in [2.05, 4.69) is 5.32 Å². The van der Waals surface area contributed by atoms with Gasteiger partial charge >= 0.3 is 0 Å². The van der Waals surface area contributed by atoms with Crippen molar-refractivity contribution in [3.05, 3.63) is 81.8 Å². The Kier molecular flexibility index (Phi) is 4.70. The van der Waals surface area contributed by atoms with Crippen molar-refractivity contribution in [2.45, 2.75) is 26.3 Å². The summed E-state index contributed by atoms with van der Waals surface area (Å²) in [6, 6.07) is 17.1. The summed E-state index contributed by atoms with van der Waals surface area (Å²) in [5.41, 5.74) is 2.22. The summed E-state index contributed by atoms with van der Waals surface area (Å²) in [6.07, 6.45) is 0.790. The summed E-state index contributed by atoms with van der Waals surface area (Å²) >= 11 is 0. The monoisotopic (exact) mass is 334 g/mol. The minimum atomic E-state index is -0.153. The Hall–Kier alpha value is -2.88. The molecule has 0 fully saturated rings. The molecule has 1 amide bonds. The third kappa shape index (κ3) is 3.07. The first-order valence-electron chi connectivity index (χ1n) is 8.48. The van der Waals surface area contributed by atoms with Gasteiger partial charge in [-0.3, -0.25) is 9.59 Å². The highest BCUT2D eigenvalue weighted by molar-refractivity contribution is 6.07. The van der Waals surface area contributed by atoms with E-state index in [0.717, 1.165) is 12.0 Å². The number of nitrogens with zero attached hydrogens (tertiary/aromatic N) is 1. The number of aromatic nitrogens is 1. The molecule has 25 heavy (non-hydrogen) atoms. The van der Waals surface area contributed by atoms with E-state index in [9.17, 15) is 9.59 Å². The smallest absolute Gasteiger partial charge is 0.258 e. The van der Waals surface area contributed by atoms with Crippen LogP contribution in [-0.4, -0.2) is 10.5 Å². The Morgan fingerprint density at radius 2 is 1.64 bits per heavy atom. The summed E-state index contributed by atoms with van der Waals surface area (Å²) in [7, 11) is 1.70. The fraction of sp³-hybridized carbons (Fsp3) is 0.238. The van der Waals surface area contributed by atoms with Crippen molar-refractivity contribution in [3.63, 3.8) is 0 Å². The van der Waals surface area contributed by atoms with Crippen molar-refractivity contribution >= 4 is 16.7 Å². The number of hydrogen-bond acceptors (Lipinski definition) is 2. The van der Waals surface area contributed by atoms with Gasteiger partial charge in [-0.15, -0.1) is 0 Å². The number of benzene rings is 2. The van der Waals surface area contributed by atoms with Gasteiger partial charge in [0.2, 0.25) is 0 Å². The molecule has 128 valence electrons. The summed E-state index contributed by atoms with van der Waals surface area (Å²) < 4.78 is 1.54. The van der Waals surface area contributed by atoms with Crippen LogP contribution in [-0.2, 0) is 7.05 Å². The molecule has 0 aliphatic heterocycles. The molecule has 4 heteroatoms. The van der Waals surface area contributed by atoms with Crippen LogP contribution in [0.5, 0.6) is 0 Å². The number of hydrogen-bond donors (Lipinski definition) is 1. The second-order valence-electron chi connectivity index (χ2n) is 6.22. The summed E-state index contributed by atoms with van der Waals surface area (Å²) in [6.45, 7) is 3.86. The predicted octanol–water partition coefficient (Wildman–Crippen LogP) is 3.73. The average Bonchev–Trinajstić information content (AvgIpc) is 2.65. The number of amides is 1. The number of nitrogens with one attached hydrogen (secondary N) is 1. The van der Waals surface area contributed by atoms with Crippen molar-refractivity contribution < 1.29 is 4.79 Å². The van der Waals surface area contributed by atoms with Crippen molar-refractivity contribution in [1.29, 1.82) is 0 Å². The number of carbonyl (C=O) groups excluding carboxylic acids is 1. The van der Waals surface area contributed by atoms with Gasteiger partial charge in [0.1, 0.15) is 0 Å². The minimum absolute atomic E-state index is 0.0657. The quantitative estimate of drug-likeness (QED) is 0.790. The van der Waals surface area contributed by atoms with E-state index in [4.69, 9.17) is 0 Å².